The van der Waals surface area contributed by atoms with Crippen LogP contribution >= 0.6 is 0 Å². The Morgan fingerprint density at radius 3 is 2.76 bits per heavy atom. The number of nitrogens with one attached hydrogen (secondary N) is 1. The van der Waals surface area contributed by atoms with Gasteiger partial charge in [0.2, 0.25) is 0 Å². The van der Waals surface area contributed by atoms with Crippen LogP contribution in [0, 0.1) is 6.92 Å². The van der Waals surface area contributed by atoms with Crippen LogP contribution in [0.2, 0.25) is 0 Å². The van der Waals surface area contributed by atoms with Gasteiger partial charge in [-0.2, -0.15) is 0 Å². The van der Waals surface area contributed by atoms with E-state index in [0.29, 0.717) is 26.4 Å². The van der Waals surface area contributed by atoms with Crippen LogP contribution in [0.3, 0.4) is 0 Å². The van der Waals surface area contributed by atoms with Crippen LogP contribution < -0.4 is 5.32 Å². The van der Waals surface area contributed by atoms with Crippen molar-refractivity contribution in [2.24, 2.45) is 0 Å². The van der Waals surface area contributed by atoms with Gasteiger partial charge in [0.25, 0.3) is 0 Å². The summed E-state index contributed by atoms with van der Waals surface area (Å²) in [6.45, 7) is 8.94. The molecule has 2 N–H and O–H groups in total. The molecule has 21 heavy (non-hydrogen) atoms. The summed E-state index contributed by atoms with van der Waals surface area (Å²) in [4.78, 5) is 0. The van der Waals surface area contributed by atoms with Gasteiger partial charge in [-0.15, -0.1) is 0 Å². The first-order chi connectivity index (χ1) is 10.1. The van der Waals surface area contributed by atoms with Crippen molar-refractivity contribution >= 4 is 0 Å². The highest BCUT2D eigenvalue weighted by Gasteiger charge is 2.04. The predicted octanol–water partition coefficient (Wildman–Crippen LogP) is 1.93. The van der Waals surface area contributed by atoms with Crippen LogP contribution in [-0.2, 0) is 15.9 Å². The molecule has 1 atom stereocenters. The Hall–Kier alpha value is -0.940. The number of ether oxygens (including phenoxy) is 2. The van der Waals surface area contributed by atoms with Crippen LogP contribution in [0.25, 0.3) is 0 Å². The molecular weight excluding hydrogens is 266 g/mol. The zero-order valence-electron chi connectivity index (χ0n) is 13.5. The van der Waals surface area contributed by atoms with Crippen molar-refractivity contribution in [2.75, 3.05) is 32.9 Å². The van der Waals surface area contributed by atoms with Crippen LogP contribution in [-0.4, -0.2) is 50.2 Å². The molecule has 0 aliphatic carbocycles. The third kappa shape index (κ3) is 9.58. The van der Waals surface area contributed by atoms with E-state index < -0.39 is 6.10 Å². The molecule has 0 radical (unpaired) electrons. The number of aryl methyl sites for hydroxylation is 1. The molecule has 4 heteroatoms. The normalized spacial score (nSPS) is 12.8. The topological polar surface area (TPSA) is 50.7 Å². The fraction of sp³-hybridized carbons (Fsp3) is 0.647. The van der Waals surface area contributed by atoms with Crippen molar-refractivity contribution in [2.45, 2.75) is 39.4 Å². The van der Waals surface area contributed by atoms with E-state index in [0.717, 1.165) is 13.0 Å². The Kier molecular flexibility index (Phi) is 9.26. The molecule has 1 rings (SSSR count). The van der Waals surface area contributed by atoms with Crippen LogP contribution in [0.1, 0.15) is 25.0 Å². The second kappa shape index (κ2) is 10.7. The van der Waals surface area contributed by atoms with Gasteiger partial charge in [0, 0.05) is 6.54 Å². The van der Waals surface area contributed by atoms with E-state index in [2.05, 4.69) is 36.5 Å². The lowest BCUT2D eigenvalue weighted by molar-refractivity contribution is -0.00989. The number of rotatable bonds is 11. The van der Waals surface area contributed by atoms with E-state index >= 15 is 0 Å². The summed E-state index contributed by atoms with van der Waals surface area (Å²) < 4.78 is 10.7. The molecule has 0 aromatic heterocycles. The summed E-state index contributed by atoms with van der Waals surface area (Å²) >= 11 is 0. The summed E-state index contributed by atoms with van der Waals surface area (Å²) in [5.41, 5.74) is 2.60. The second-order valence-corrected chi connectivity index (χ2v) is 5.59. The molecule has 0 spiro atoms. The van der Waals surface area contributed by atoms with Crippen molar-refractivity contribution < 1.29 is 14.6 Å². The van der Waals surface area contributed by atoms with Crippen LogP contribution in [0.15, 0.2) is 24.3 Å². The fourth-order valence-electron chi connectivity index (χ4n) is 1.99. The van der Waals surface area contributed by atoms with Gasteiger partial charge in [-0.05, 0) is 39.3 Å². The number of benzene rings is 1. The number of aliphatic hydroxyl groups excluding tert-OH is 1. The molecule has 0 heterocycles. The SMILES string of the molecule is Cc1cccc(CCNCC(O)COCCOC(C)C)c1. The van der Waals surface area contributed by atoms with Crippen LogP contribution in [0.5, 0.6) is 0 Å². The molecule has 1 aromatic carbocycles. The molecule has 0 amide bonds. The molecule has 1 unspecified atom stereocenters. The average Bonchev–Trinajstić information content (AvgIpc) is 2.43. The zero-order valence-corrected chi connectivity index (χ0v) is 13.5. The Bertz CT molecular complexity index is 382. The van der Waals surface area contributed by atoms with E-state index in [-0.39, 0.29) is 6.10 Å². The summed E-state index contributed by atoms with van der Waals surface area (Å²) in [6, 6.07) is 8.49. The highest BCUT2D eigenvalue weighted by Crippen LogP contribution is 2.03. The first-order valence-corrected chi connectivity index (χ1v) is 7.71. The van der Waals surface area contributed by atoms with E-state index in [1.807, 2.05) is 13.8 Å². The summed E-state index contributed by atoms with van der Waals surface area (Å²) in [5, 5.41) is 13.0. The largest absolute Gasteiger partial charge is 0.389 e. The molecule has 0 fully saturated rings. The summed E-state index contributed by atoms with van der Waals surface area (Å²) in [5.74, 6) is 0. The van der Waals surface area contributed by atoms with E-state index in [4.69, 9.17) is 9.47 Å². The van der Waals surface area contributed by atoms with Crippen LogP contribution in [0.4, 0.5) is 0 Å². The first-order valence-electron chi connectivity index (χ1n) is 7.71. The number of hydrogen-bond donors (Lipinski definition) is 2. The minimum atomic E-state index is -0.471. The van der Waals surface area contributed by atoms with Gasteiger partial charge in [-0.25, -0.2) is 0 Å². The quantitative estimate of drug-likeness (QED) is 0.613. The molecule has 4 nitrogen and oxygen atoms in total. The number of aliphatic hydroxyl groups is 1. The van der Waals surface area contributed by atoms with Gasteiger partial charge < -0.3 is 19.9 Å². The second-order valence-electron chi connectivity index (χ2n) is 5.59. The maximum Gasteiger partial charge on any atom is 0.0897 e. The predicted molar refractivity (Wildman–Crippen MR) is 85.7 cm³/mol. The van der Waals surface area contributed by atoms with Gasteiger partial charge in [-0.3, -0.25) is 0 Å². The summed E-state index contributed by atoms with van der Waals surface area (Å²) in [7, 11) is 0. The van der Waals surface area contributed by atoms with Crippen molar-refractivity contribution in [1.82, 2.24) is 5.32 Å². The minimum absolute atomic E-state index is 0.224. The molecule has 0 bridgehead atoms. The summed E-state index contributed by atoms with van der Waals surface area (Å²) in [6.07, 6.45) is 0.723. The lowest BCUT2D eigenvalue weighted by atomic mass is 10.1. The van der Waals surface area contributed by atoms with Crippen molar-refractivity contribution in [3.8, 4) is 0 Å². The average molecular weight is 295 g/mol. The Morgan fingerprint density at radius 2 is 2.05 bits per heavy atom. The third-order valence-corrected chi connectivity index (χ3v) is 3.04. The lowest BCUT2D eigenvalue weighted by Crippen LogP contribution is -2.32. The van der Waals surface area contributed by atoms with Crippen molar-refractivity contribution in [3.63, 3.8) is 0 Å². The first kappa shape index (κ1) is 18.1. The number of hydrogen-bond acceptors (Lipinski definition) is 4. The van der Waals surface area contributed by atoms with Crippen molar-refractivity contribution in [3.05, 3.63) is 35.4 Å². The lowest BCUT2D eigenvalue weighted by Gasteiger charge is -2.13. The van der Waals surface area contributed by atoms with Gasteiger partial charge >= 0.3 is 0 Å². The molecule has 0 saturated carbocycles. The van der Waals surface area contributed by atoms with Gasteiger partial charge in [0.1, 0.15) is 0 Å². The van der Waals surface area contributed by atoms with Gasteiger partial charge in [0.05, 0.1) is 32.0 Å². The van der Waals surface area contributed by atoms with Gasteiger partial charge in [-0.1, -0.05) is 29.8 Å². The molecular formula is C17H29NO3. The van der Waals surface area contributed by atoms with E-state index in [1.54, 1.807) is 0 Å². The Labute approximate surface area is 128 Å². The highest BCUT2D eigenvalue weighted by molar-refractivity contribution is 5.22. The van der Waals surface area contributed by atoms with Crippen molar-refractivity contribution in [1.29, 1.82) is 0 Å². The standard InChI is InChI=1S/C17H29NO3/c1-14(2)21-10-9-20-13-17(19)12-18-8-7-16-6-4-5-15(3)11-16/h4-6,11,14,17-19H,7-10,12-13H2,1-3H3. The van der Waals surface area contributed by atoms with E-state index in [1.165, 1.54) is 11.1 Å². The maximum absolute atomic E-state index is 9.77. The highest BCUT2D eigenvalue weighted by atomic mass is 16.5. The minimum Gasteiger partial charge on any atom is -0.389 e. The monoisotopic (exact) mass is 295 g/mol. The third-order valence-electron chi connectivity index (χ3n) is 3.04. The zero-order chi connectivity index (χ0) is 15.5. The Morgan fingerprint density at radius 1 is 1.24 bits per heavy atom. The van der Waals surface area contributed by atoms with E-state index in [9.17, 15) is 5.11 Å². The van der Waals surface area contributed by atoms with Gasteiger partial charge in [0.15, 0.2) is 0 Å². The molecule has 0 aliphatic rings. The molecule has 0 saturated heterocycles. The molecule has 120 valence electrons. The Balaban J connectivity index is 1.99. The maximum atomic E-state index is 9.77. The molecule has 0 aliphatic heterocycles. The molecule has 1 aromatic rings. The fourth-order valence-corrected chi connectivity index (χ4v) is 1.99. The smallest absolute Gasteiger partial charge is 0.0897 e.